The second-order valence-electron chi connectivity index (χ2n) is 8.41. The number of hydrogen-bond acceptors (Lipinski definition) is 7. The van der Waals surface area contributed by atoms with E-state index in [2.05, 4.69) is 24.3 Å². The standard InChI is InChI=1S/C25H33N3O5/c1-17(2)16-33-24-14-19(9-11-22(24)31-3)27-25(30)20-7-5-6-12-28(20)26-15-18-8-10-21(29)23(13-18)32-4/h8-11,13-15,17,20,29H,5-7,12,16H2,1-4H3,(H,27,30)/b26-15+. The maximum Gasteiger partial charge on any atom is 0.248 e. The van der Waals surface area contributed by atoms with Gasteiger partial charge in [0, 0.05) is 18.3 Å². The zero-order valence-electron chi connectivity index (χ0n) is 19.7. The molecule has 1 atom stereocenters. The molecule has 0 saturated carbocycles. The number of nitrogens with zero attached hydrogens (tertiary/aromatic N) is 2. The number of hydrogen-bond donors (Lipinski definition) is 2. The fraction of sp³-hybridized carbons (Fsp3) is 0.440. The number of phenols is 1. The molecule has 0 aromatic heterocycles. The first kappa shape index (κ1) is 24.2. The van der Waals surface area contributed by atoms with E-state index in [9.17, 15) is 9.90 Å². The Labute approximate surface area is 195 Å². The molecule has 0 radical (unpaired) electrons. The van der Waals surface area contributed by atoms with Crippen LogP contribution in [0.1, 0.15) is 38.7 Å². The molecule has 0 bridgehead atoms. The molecule has 8 nitrogen and oxygen atoms in total. The fourth-order valence-electron chi connectivity index (χ4n) is 3.59. The minimum absolute atomic E-state index is 0.0705. The summed E-state index contributed by atoms with van der Waals surface area (Å²) in [5.74, 6) is 1.93. The molecule has 1 saturated heterocycles. The summed E-state index contributed by atoms with van der Waals surface area (Å²) in [6.07, 6.45) is 4.33. The number of piperidine rings is 1. The number of phenolic OH excluding ortho intramolecular Hbond substituents is 1. The van der Waals surface area contributed by atoms with Gasteiger partial charge in [0.05, 0.1) is 27.0 Å². The Morgan fingerprint density at radius 2 is 1.94 bits per heavy atom. The fourth-order valence-corrected chi connectivity index (χ4v) is 3.59. The summed E-state index contributed by atoms with van der Waals surface area (Å²) in [6.45, 7) is 5.39. The van der Waals surface area contributed by atoms with Crippen LogP contribution in [0.25, 0.3) is 0 Å². The number of rotatable bonds is 9. The predicted octanol–water partition coefficient (Wildman–Crippen LogP) is 4.27. The van der Waals surface area contributed by atoms with Crippen molar-refractivity contribution in [3.05, 3.63) is 42.0 Å². The third kappa shape index (κ3) is 6.54. The van der Waals surface area contributed by atoms with Crippen molar-refractivity contribution >= 4 is 17.8 Å². The lowest BCUT2D eigenvalue weighted by Gasteiger charge is -2.32. The number of hydrazone groups is 1. The van der Waals surface area contributed by atoms with Crippen molar-refractivity contribution in [2.45, 2.75) is 39.2 Å². The molecule has 8 heteroatoms. The van der Waals surface area contributed by atoms with Gasteiger partial charge in [0.1, 0.15) is 6.04 Å². The summed E-state index contributed by atoms with van der Waals surface area (Å²) < 4.78 is 16.4. The topological polar surface area (TPSA) is 92.6 Å². The molecule has 1 aliphatic heterocycles. The predicted molar refractivity (Wildman–Crippen MR) is 129 cm³/mol. The summed E-state index contributed by atoms with van der Waals surface area (Å²) in [5, 5.41) is 19.2. The molecular formula is C25H33N3O5. The highest BCUT2D eigenvalue weighted by Gasteiger charge is 2.28. The van der Waals surface area contributed by atoms with E-state index < -0.39 is 0 Å². The number of methoxy groups -OCH3 is 2. The molecule has 1 fully saturated rings. The van der Waals surface area contributed by atoms with Crippen molar-refractivity contribution in [3.8, 4) is 23.0 Å². The van der Waals surface area contributed by atoms with Crippen LogP contribution in [0.15, 0.2) is 41.5 Å². The van der Waals surface area contributed by atoms with Gasteiger partial charge >= 0.3 is 0 Å². The molecule has 1 aliphatic rings. The van der Waals surface area contributed by atoms with Crippen molar-refractivity contribution in [1.82, 2.24) is 5.01 Å². The van der Waals surface area contributed by atoms with Crippen molar-refractivity contribution in [1.29, 1.82) is 0 Å². The molecule has 0 spiro atoms. The van der Waals surface area contributed by atoms with E-state index in [0.717, 1.165) is 24.8 Å². The first-order valence-corrected chi connectivity index (χ1v) is 11.2. The molecule has 2 aromatic carbocycles. The summed E-state index contributed by atoms with van der Waals surface area (Å²) in [5.41, 5.74) is 1.42. The van der Waals surface area contributed by atoms with Gasteiger partial charge in [0.2, 0.25) is 5.91 Å². The third-order valence-electron chi connectivity index (χ3n) is 5.34. The number of amides is 1. The van der Waals surface area contributed by atoms with E-state index in [4.69, 9.17) is 14.2 Å². The SMILES string of the molecule is COc1cc(/C=N/N2CCCCC2C(=O)Nc2ccc(OC)c(OCC(C)C)c2)ccc1O. The number of ether oxygens (including phenoxy) is 3. The van der Waals surface area contributed by atoms with Crippen LogP contribution < -0.4 is 19.5 Å². The zero-order chi connectivity index (χ0) is 23.8. The molecule has 33 heavy (non-hydrogen) atoms. The molecule has 2 aromatic rings. The van der Waals surface area contributed by atoms with Crippen LogP contribution in [-0.2, 0) is 4.79 Å². The minimum Gasteiger partial charge on any atom is -0.504 e. The van der Waals surface area contributed by atoms with Crippen molar-refractivity contribution < 1.29 is 24.1 Å². The highest BCUT2D eigenvalue weighted by Crippen LogP contribution is 2.31. The van der Waals surface area contributed by atoms with E-state index in [0.29, 0.717) is 42.0 Å². The van der Waals surface area contributed by atoms with Crippen molar-refractivity contribution in [2.24, 2.45) is 11.0 Å². The van der Waals surface area contributed by atoms with Crippen LogP contribution in [0.4, 0.5) is 5.69 Å². The van der Waals surface area contributed by atoms with Gasteiger partial charge in [-0.1, -0.05) is 13.8 Å². The lowest BCUT2D eigenvalue weighted by Crippen LogP contribution is -2.44. The molecule has 178 valence electrons. The first-order chi connectivity index (χ1) is 15.9. The third-order valence-corrected chi connectivity index (χ3v) is 5.34. The summed E-state index contributed by atoms with van der Waals surface area (Å²) in [4.78, 5) is 13.1. The Morgan fingerprint density at radius 3 is 2.67 bits per heavy atom. The maximum atomic E-state index is 13.1. The summed E-state index contributed by atoms with van der Waals surface area (Å²) >= 11 is 0. The minimum atomic E-state index is -0.379. The lowest BCUT2D eigenvalue weighted by molar-refractivity contribution is -0.122. The molecule has 1 unspecified atom stereocenters. The number of benzene rings is 2. The number of aromatic hydroxyl groups is 1. The smallest absolute Gasteiger partial charge is 0.248 e. The molecule has 1 amide bonds. The molecule has 0 aliphatic carbocycles. The highest BCUT2D eigenvalue weighted by atomic mass is 16.5. The Balaban J connectivity index is 1.72. The average Bonchev–Trinajstić information content (AvgIpc) is 2.82. The van der Waals surface area contributed by atoms with E-state index in [1.807, 2.05) is 5.01 Å². The molecular weight excluding hydrogens is 422 g/mol. The Hall–Kier alpha value is -3.42. The molecule has 1 heterocycles. The van der Waals surface area contributed by atoms with Crippen molar-refractivity contribution in [2.75, 3.05) is 32.7 Å². The highest BCUT2D eigenvalue weighted by molar-refractivity contribution is 5.95. The van der Waals surface area contributed by atoms with Gasteiger partial charge in [-0.15, -0.1) is 0 Å². The Bertz CT molecular complexity index is 977. The average molecular weight is 456 g/mol. The van der Waals surface area contributed by atoms with Gasteiger partial charge < -0.3 is 24.6 Å². The van der Waals surface area contributed by atoms with Gasteiger partial charge in [0.25, 0.3) is 0 Å². The monoisotopic (exact) mass is 455 g/mol. The van der Waals surface area contributed by atoms with Gasteiger partial charge in [-0.05, 0) is 61.1 Å². The van der Waals surface area contributed by atoms with E-state index in [1.165, 1.54) is 7.11 Å². The van der Waals surface area contributed by atoms with Crippen LogP contribution in [0.3, 0.4) is 0 Å². The van der Waals surface area contributed by atoms with E-state index >= 15 is 0 Å². The van der Waals surface area contributed by atoms with E-state index in [-0.39, 0.29) is 17.7 Å². The first-order valence-electron chi connectivity index (χ1n) is 11.2. The zero-order valence-corrected chi connectivity index (χ0v) is 19.7. The van der Waals surface area contributed by atoms with Gasteiger partial charge in [-0.2, -0.15) is 5.10 Å². The number of nitrogens with one attached hydrogen (secondary N) is 1. The van der Waals surface area contributed by atoms with Gasteiger partial charge in [0.15, 0.2) is 23.0 Å². The second-order valence-corrected chi connectivity index (χ2v) is 8.41. The summed E-state index contributed by atoms with van der Waals surface area (Å²) in [6, 6.07) is 10.0. The second kappa shape index (κ2) is 11.4. The van der Waals surface area contributed by atoms with E-state index in [1.54, 1.807) is 49.7 Å². The Morgan fingerprint density at radius 1 is 1.15 bits per heavy atom. The van der Waals surface area contributed by atoms with Crippen LogP contribution in [0, 0.1) is 5.92 Å². The lowest BCUT2D eigenvalue weighted by atomic mass is 10.0. The number of anilines is 1. The molecule has 2 N–H and O–H groups in total. The maximum absolute atomic E-state index is 13.1. The van der Waals surface area contributed by atoms with Crippen LogP contribution in [0.5, 0.6) is 23.0 Å². The molecule has 3 rings (SSSR count). The number of carbonyl (C=O) groups excluding carboxylic acids is 1. The largest absolute Gasteiger partial charge is 0.504 e. The van der Waals surface area contributed by atoms with Crippen LogP contribution in [0.2, 0.25) is 0 Å². The quantitative estimate of drug-likeness (QED) is 0.549. The summed E-state index contributed by atoms with van der Waals surface area (Å²) in [7, 11) is 3.09. The van der Waals surface area contributed by atoms with Gasteiger partial charge in [-0.3, -0.25) is 9.80 Å². The van der Waals surface area contributed by atoms with Crippen LogP contribution in [-0.4, -0.2) is 55.7 Å². The Kier molecular flexibility index (Phi) is 8.40. The van der Waals surface area contributed by atoms with Crippen LogP contribution >= 0.6 is 0 Å². The number of carbonyl (C=O) groups is 1. The normalized spacial score (nSPS) is 16.2. The van der Waals surface area contributed by atoms with Crippen molar-refractivity contribution in [3.63, 3.8) is 0 Å². The van der Waals surface area contributed by atoms with Gasteiger partial charge in [-0.25, -0.2) is 0 Å².